The number of ether oxygens (including phenoxy) is 1. The molecule has 28 heavy (non-hydrogen) atoms. The molecular weight excluding hydrogens is 369 g/mol. The second-order valence-corrected chi connectivity index (χ2v) is 5.68. The van der Waals surface area contributed by atoms with E-state index in [4.69, 9.17) is 4.74 Å². The van der Waals surface area contributed by atoms with Crippen molar-refractivity contribution in [3.8, 4) is 5.75 Å². The number of carbonyl (C=O) groups is 4. The summed E-state index contributed by atoms with van der Waals surface area (Å²) in [5.41, 5.74) is 0.245. The third-order valence-electron chi connectivity index (χ3n) is 3.63. The molecule has 8 nitrogen and oxygen atoms in total. The fraction of sp³-hybridized carbons (Fsp3) is 0.0526. The van der Waals surface area contributed by atoms with Gasteiger partial charge >= 0.3 is 6.03 Å². The van der Waals surface area contributed by atoms with Gasteiger partial charge in [0.1, 0.15) is 17.1 Å². The number of imide groups is 2. The average Bonchev–Trinajstić information content (AvgIpc) is 2.65. The van der Waals surface area contributed by atoms with Gasteiger partial charge in [0.2, 0.25) is 0 Å². The zero-order valence-electron chi connectivity index (χ0n) is 14.3. The van der Waals surface area contributed by atoms with E-state index in [1.54, 1.807) is 24.3 Å². The summed E-state index contributed by atoms with van der Waals surface area (Å²) in [6, 6.07) is 11.1. The Balaban J connectivity index is 1.65. The molecule has 0 unspecified atom stereocenters. The topological polar surface area (TPSA) is 114 Å². The largest absolute Gasteiger partial charge is 0.484 e. The predicted molar refractivity (Wildman–Crippen MR) is 96.6 cm³/mol. The van der Waals surface area contributed by atoms with Gasteiger partial charge in [-0.2, -0.15) is 0 Å². The number of nitrogens with one attached hydrogen (secondary N) is 3. The van der Waals surface area contributed by atoms with E-state index < -0.39 is 29.6 Å². The molecular formula is C19H14FN3O5. The summed E-state index contributed by atoms with van der Waals surface area (Å²) in [6.07, 6.45) is 1.28. The van der Waals surface area contributed by atoms with Crippen LogP contribution < -0.4 is 20.7 Å². The van der Waals surface area contributed by atoms with Crippen LogP contribution >= 0.6 is 0 Å². The highest BCUT2D eigenvalue weighted by Gasteiger charge is 2.27. The highest BCUT2D eigenvalue weighted by molar-refractivity contribution is 6.31. The van der Waals surface area contributed by atoms with Crippen molar-refractivity contribution in [2.24, 2.45) is 0 Å². The van der Waals surface area contributed by atoms with Gasteiger partial charge in [-0.15, -0.1) is 0 Å². The number of rotatable bonds is 5. The van der Waals surface area contributed by atoms with Crippen LogP contribution in [-0.2, 0) is 14.4 Å². The van der Waals surface area contributed by atoms with Crippen molar-refractivity contribution in [3.05, 3.63) is 65.5 Å². The summed E-state index contributed by atoms with van der Waals surface area (Å²) in [7, 11) is 0. The number of amides is 5. The average molecular weight is 383 g/mol. The van der Waals surface area contributed by atoms with Gasteiger partial charge in [-0.25, -0.2) is 9.18 Å². The summed E-state index contributed by atoms with van der Waals surface area (Å²) in [5, 5.41) is 6.33. The molecule has 3 N–H and O–H groups in total. The fourth-order valence-corrected chi connectivity index (χ4v) is 2.36. The first kappa shape index (κ1) is 18.8. The summed E-state index contributed by atoms with van der Waals surface area (Å²) >= 11 is 0. The molecule has 0 saturated carbocycles. The summed E-state index contributed by atoms with van der Waals surface area (Å²) < 4.78 is 18.9. The van der Waals surface area contributed by atoms with Crippen LogP contribution in [0.25, 0.3) is 6.08 Å². The van der Waals surface area contributed by atoms with Gasteiger partial charge in [-0.1, -0.05) is 24.3 Å². The van der Waals surface area contributed by atoms with Crippen LogP contribution in [0.15, 0.2) is 54.1 Å². The van der Waals surface area contributed by atoms with E-state index in [0.717, 1.165) is 0 Å². The third kappa shape index (κ3) is 4.58. The minimum atomic E-state index is -0.884. The lowest BCUT2D eigenvalue weighted by Gasteiger charge is -2.14. The number of barbiturate groups is 1. The molecule has 1 aliphatic rings. The van der Waals surface area contributed by atoms with E-state index in [1.165, 1.54) is 30.3 Å². The van der Waals surface area contributed by atoms with Crippen molar-refractivity contribution in [2.75, 3.05) is 11.9 Å². The van der Waals surface area contributed by atoms with Gasteiger partial charge in [0.25, 0.3) is 17.7 Å². The maximum atomic E-state index is 13.5. The number of carbonyl (C=O) groups excluding carboxylic acids is 4. The van der Waals surface area contributed by atoms with E-state index in [1.807, 2.05) is 10.6 Å². The monoisotopic (exact) mass is 383 g/mol. The zero-order valence-corrected chi connectivity index (χ0v) is 14.3. The summed E-state index contributed by atoms with van der Waals surface area (Å²) in [6.45, 7) is -0.371. The number of hydrogen-bond donors (Lipinski definition) is 3. The van der Waals surface area contributed by atoms with Crippen LogP contribution in [0.5, 0.6) is 5.75 Å². The molecule has 3 rings (SSSR count). The summed E-state index contributed by atoms with van der Waals surface area (Å²) in [5.74, 6) is -2.45. The van der Waals surface area contributed by atoms with E-state index in [0.29, 0.717) is 11.3 Å². The normalized spacial score (nSPS) is 13.5. The maximum Gasteiger partial charge on any atom is 0.328 e. The second-order valence-electron chi connectivity index (χ2n) is 5.68. The number of urea groups is 1. The van der Waals surface area contributed by atoms with Crippen molar-refractivity contribution in [1.82, 2.24) is 10.6 Å². The molecule has 5 amide bonds. The van der Waals surface area contributed by atoms with Gasteiger partial charge in [0.15, 0.2) is 6.61 Å². The molecule has 1 heterocycles. The van der Waals surface area contributed by atoms with Gasteiger partial charge in [0.05, 0.1) is 5.69 Å². The van der Waals surface area contributed by atoms with Crippen molar-refractivity contribution in [2.45, 2.75) is 0 Å². The van der Waals surface area contributed by atoms with Crippen LogP contribution in [0.3, 0.4) is 0 Å². The Labute approximate surface area is 158 Å². The van der Waals surface area contributed by atoms with E-state index in [-0.39, 0.29) is 17.9 Å². The quantitative estimate of drug-likeness (QED) is 0.536. The molecule has 2 aromatic carbocycles. The number of anilines is 1. The molecule has 1 fully saturated rings. The number of halogens is 1. The Morgan fingerprint density at radius 2 is 1.75 bits per heavy atom. The van der Waals surface area contributed by atoms with Crippen LogP contribution in [0.1, 0.15) is 5.56 Å². The standard InChI is InChI=1S/C19H14FN3O5/c20-14-6-1-2-7-15(14)21-16(24)10-28-12-5-3-4-11(8-12)9-13-17(25)22-19(27)23-18(13)26/h1-9H,10H2,(H,21,24)(H2,22,23,25,26,27). The van der Waals surface area contributed by atoms with E-state index in [2.05, 4.69) is 5.32 Å². The maximum absolute atomic E-state index is 13.5. The molecule has 0 atom stereocenters. The smallest absolute Gasteiger partial charge is 0.328 e. The molecule has 0 aliphatic carbocycles. The molecule has 1 aliphatic heterocycles. The van der Waals surface area contributed by atoms with Gasteiger partial charge in [-0.05, 0) is 35.9 Å². The predicted octanol–water partition coefficient (Wildman–Crippen LogP) is 1.59. The first-order valence-corrected chi connectivity index (χ1v) is 8.08. The Morgan fingerprint density at radius 1 is 1.04 bits per heavy atom. The molecule has 1 saturated heterocycles. The van der Waals surface area contributed by atoms with Crippen molar-refractivity contribution < 1.29 is 28.3 Å². The molecule has 0 bridgehead atoms. The number of benzene rings is 2. The van der Waals surface area contributed by atoms with Crippen molar-refractivity contribution in [3.63, 3.8) is 0 Å². The molecule has 0 radical (unpaired) electrons. The lowest BCUT2D eigenvalue weighted by molar-refractivity contribution is -0.124. The SMILES string of the molecule is O=C(COc1cccc(C=C2C(=O)NC(=O)NC2=O)c1)Nc1ccccc1F. The number of hydrogen-bond acceptors (Lipinski definition) is 5. The van der Waals surface area contributed by atoms with Crippen LogP contribution in [-0.4, -0.2) is 30.4 Å². The third-order valence-corrected chi connectivity index (χ3v) is 3.63. The van der Waals surface area contributed by atoms with Crippen molar-refractivity contribution >= 4 is 35.5 Å². The highest BCUT2D eigenvalue weighted by Crippen LogP contribution is 2.17. The fourth-order valence-electron chi connectivity index (χ4n) is 2.36. The second kappa shape index (κ2) is 8.12. The number of para-hydroxylation sites is 1. The van der Waals surface area contributed by atoms with E-state index >= 15 is 0 Å². The Kier molecular flexibility index (Phi) is 5.45. The molecule has 0 aromatic heterocycles. The van der Waals surface area contributed by atoms with Crippen LogP contribution in [0.2, 0.25) is 0 Å². The van der Waals surface area contributed by atoms with Gasteiger partial charge in [0, 0.05) is 0 Å². The molecule has 142 valence electrons. The Hall–Kier alpha value is -4.01. The molecule has 9 heteroatoms. The van der Waals surface area contributed by atoms with E-state index in [9.17, 15) is 23.6 Å². The Bertz CT molecular complexity index is 981. The van der Waals surface area contributed by atoms with Gasteiger partial charge in [-0.3, -0.25) is 25.0 Å². The lowest BCUT2D eigenvalue weighted by atomic mass is 10.1. The van der Waals surface area contributed by atoms with Gasteiger partial charge < -0.3 is 10.1 Å². The minimum absolute atomic E-state index is 0.0402. The Morgan fingerprint density at radius 3 is 2.46 bits per heavy atom. The highest BCUT2D eigenvalue weighted by atomic mass is 19.1. The van der Waals surface area contributed by atoms with Crippen molar-refractivity contribution in [1.29, 1.82) is 0 Å². The van der Waals surface area contributed by atoms with Crippen LogP contribution in [0, 0.1) is 5.82 Å². The first-order valence-electron chi connectivity index (χ1n) is 8.08. The molecule has 2 aromatic rings. The summed E-state index contributed by atoms with van der Waals surface area (Å²) in [4.78, 5) is 46.5. The molecule has 0 spiro atoms. The first-order chi connectivity index (χ1) is 13.4. The minimum Gasteiger partial charge on any atom is -0.484 e. The van der Waals surface area contributed by atoms with Crippen LogP contribution in [0.4, 0.5) is 14.9 Å². The lowest BCUT2D eigenvalue weighted by Crippen LogP contribution is -2.51. The zero-order chi connectivity index (χ0) is 20.1.